The second-order valence-corrected chi connectivity index (χ2v) is 6.56. The summed E-state index contributed by atoms with van der Waals surface area (Å²) in [6.45, 7) is 2.23. The van der Waals surface area contributed by atoms with Crippen LogP contribution >= 0.6 is 0 Å². The van der Waals surface area contributed by atoms with Crippen LogP contribution in [0.2, 0.25) is 0 Å². The maximum atomic E-state index is 12.9. The van der Waals surface area contributed by atoms with Crippen LogP contribution in [-0.4, -0.2) is 33.0 Å². The number of carbonyl (C=O) groups excluding carboxylic acids is 2. The van der Waals surface area contributed by atoms with Gasteiger partial charge in [-0.15, -0.1) is 0 Å². The molecule has 0 aliphatic carbocycles. The van der Waals surface area contributed by atoms with E-state index in [0.717, 1.165) is 30.5 Å². The number of nitrogens with zero attached hydrogens (tertiary/aromatic N) is 3. The monoisotopic (exact) mass is 340 g/mol. The summed E-state index contributed by atoms with van der Waals surface area (Å²) in [5.41, 5.74) is 2.02. The number of aryl methyl sites for hydroxylation is 1. The quantitative estimate of drug-likeness (QED) is 0.908. The summed E-state index contributed by atoms with van der Waals surface area (Å²) in [7, 11) is 1.88. The average Bonchev–Trinajstić information content (AvgIpc) is 3.23. The Morgan fingerprint density at radius 2 is 2.08 bits per heavy atom. The molecule has 2 amide bonds. The van der Waals surface area contributed by atoms with Gasteiger partial charge >= 0.3 is 0 Å². The number of hydrogen-bond donors (Lipinski definition) is 1. The lowest BCUT2D eigenvalue weighted by Crippen LogP contribution is -2.35. The Morgan fingerprint density at radius 3 is 2.72 bits per heavy atom. The first-order valence-electron chi connectivity index (χ1n) is 8.64. The van der Waals surface area contributed by atoms with E-state index in [2.05, 4.69) is 10.4 Å². The Balaban J connectivity index is 1.75. The predicted octanol–water partition coefficient (Wildman–Crippen LogP) is 2.35. The molecule has 1 N–H and O–H groups in total. The molecule has 6 nitrogen and oxygen atoms in total. The summed E-state index contributed by atoms with van der Waals surface area (Å²) < 4.78 is 1.76. The molecule has 1 aliphatic rings. The third kappa shape index (κ3) is 4.07. The SMILES string of the molecule is CC(=O)N[C@@H](CC(=O)N1CCC[C@@H]1c1cnn(C)c1)c1ccccc1. The summed E-state index contributed by atoms with van der Waals surface area (Å²) in [6, 6.07) is 9.42. The lowest BCUT2D eigenvalue weighted by atomic mass is 10.0. The number of nitrogens with one attached hydrogen (secondary N) is 1. The molecule has 0 spiro atoms. The molecule has 6 heteroatoms. The molecule has 2 atom stereocenters. The van der Waals surface area contributed by atoms with Gasteiger partial charge in [0.1, 0.15) is 0 Å². The van der Waals surface area contributed by atoms with Crippen LogP contribution in [0.25, 0.3) is 0 Å². The Labute approximate surface area is 147 Å². The number of amides is 2. The fourth-order valence-electron chi connectivity index (χ4n) is 3.50. The zero-order valence-electron chi connectivity index (χ0n) is 14.7. The van der Waals surface area contributed by atoms with Gasteiger partial charge in [0, 0.05) is 32.3 Å². The van der Waals surface area contributed by atoms with Crippen molar-refractivity contribution in [1.82, 2.24) is 20.0 Å². The molecule has 1 aromatic heterocycles. The lowest BCUT2D eigenvalue weighted by molar-refractivity contribution is -0.133. The van der Waals surface area contributed by atoms with Crippen LogP contribution < -0.4 is 5.32 Å². The topological polar surface area (TPSA) is 67.2 Å². The van der Waals surface area contributed by atoms with Gasteiger partial charge in [-0.2, -0.15) is 5.10 Å². The summed E-state index contributed by atoms with van der Waals surface area (Å²) in [4.78, 5) is 26.4. The van der Waals surface area contributed by atoms with Gasteiger partial charge in [0.25, 0.3) is 0 Å². The molecule has 2 heterocycles. The van der Waals surface area contributed by atoms with Gasteiger partial charge < -0.3 is 10.2 Å². The van der Waals surface area contributed by atoms with E-state index >= 15 is 0 Å². The lowest BCUT2D eigenvalue weighted by Gasteiger charge is -2.27. The van der Waals surface area contributed by atoms with Crippen molar-refractivity contribution in [2.24, 2.45) is 7.05 Å². The van der Waals surface area contributed by atoms with E-state index in [-0.39, 0.29) is 30.3 Å². The fourth-order valence-corrected chi connectivity index (χ4v) is 3.50. The third-order valence-electron chi connectivity index (χ3n) is 4.64. The largest absolute Gasteiger partial charge is 0.349 e. The molecule has 132 valence electrons. The van der Waals surface area contributed by atoms with Gasteiger partial charge in [-0.3, -0.25) is 14.3 Å². The minimum Gasteiger partial charge on any atom is -0.349 e. The van der Waals surface area contributed by atoms with E-state index in [1.165, 1.54) is 6.92 Å². The molecule has 0 bridgehead atoms. The highest BCUT2D eigenvalue weighted by Gasteiger charge is 2.32. The first-order chi connectivity index (χ1) is 12.0. The predicted molar refractivity (Wildman–Crippen MR) is 94.5 cm³/mol. The third-order valence-corrected chi connectivity index (χ3v) is 4.64. The normalized spacial score (nSPS) is 18.2. The molecule has 0 radical (unpaired) electrons. The number of likely N-dealkylation sites (tertiary alicyclic amines) is 1. The Kier molecular flexibility index (Phi) is 5.16. The van der Waals surface area contributed by atoms with Gasteiger partial charge in [0.05, 0.1) is 24.7 Å². The number of aromatic nitrogens is 2. The second-order valence-electron chi connectivity index (χ2n) is 6.56. The van der Waals surface area contributed by atoms with E-state index in [9.17, 15) is 9.59 Å². The van der Waals surface area contributed by atoms with Crippen LogP contribution in [0, 0.1) is 0 Å². The van der Waals surface area contributed by atoms with E-state index in [0.29, 0.717) is 0 Å². The first-order valence-corrected chi connectivity index (χ1v) is 8.64. The van der Waals surface area contributed by atoms with Gasteiger partial charge in [0.15, 0.2) is 0 Å². The van der Waals surface area contributed by atoms with Crippen molar-refractivity contribution < 1.29 is 9.59 Å². The maximum absolute atomic E-state index is 12.9. The van der Waals surface area contributed by atoms with Crippen molar-refractivity contribution in [1.29, 1.82) is 0 Å². The molecule has 1 aromatic carbocycles. The van der Waals surface area contributed by atoms with E-state index in [4.69, 9.17) is 0 Å². The summed E-state index contributed by atoms with van der Waals surface area (Å²) in [6.07, 6.45) is 6.01. The summed E-state index contributed by atoms with van der Waals surface area (Å²) in [5, 5.41) is 7.13. The van der Waals surface area contributed by atoms with Crippen molar-refractivity contribution in [3.63, 3.8) is 0 Å². The molecule has 1 aliphatic heterocycles. The Hall–Kier alpha value is -2.63. The first kappa shape index (κ1) is 17.2. The average molecular weight is 340 g/mol. The zero-order chi connectivity index (χ0) is 17.8. The molecule has 2 aromatic rings. The van der Waals surface area contributed by atoms with E-state index in [1.54, 1.807) is 4.68 Å². The van der Waals surface area contributed by atoms with Gasteiger partial charge in [-0.05, 0) is 18.4 Å². The number of hydrogen-bond acceptors (Lipinski definition) is 3. The highest BCUT2D eigenvalue weighted by Crippen LogP contribution is 2.33. The molecular weight excluding hydrogens is 316 g/mol. The van der Waals surface area contributed by atoms with Crippen molar-refractivity contribution >= 4 is 11.8 Å². The fraction of sp³-hybridized carbons (Fsp3) is 0.421. The standard InChI is InChI=1S/C19H24N4O2/c1-14(24)21-17(15-7-4-3-5-8-15)11-19(25)23-10-6-9-18(23)16-12-20-22(2)13-16/h3-5,7-8,12-13,17-18H,6,9-11H2,1-2H3,(H,21,24)/t17-,18+/m0/s1. The molecule has 0 unspecified atom stereocenters. The van der Waals surface area contributed by atoms with Crippen LogP contribution in [0.1, 0.15) is 49.4 Å². The minimum atomic E-state index is -0.304. The van der Waals surface area contributed by atoms with Crippen LogP contribution in [0.5, 0.6) is 0 Å². The number of carbonyl (C=O) groups is 2. The maximum Gasteiger partial charge on any atom is 0.225 e. The van der Waals surface area contributed by atoms with Crippen molar-refractivity contribution in [2.45, 2.75) is 38.3 Å². The van der Waals surface area contributed by atoms with Gasteiger partial charge in [-0.1, -0.05) is 30.3 Å². The van der Waals surface area contributed by atoms with E-state index < -0.39 is 0 Å². The van der Waals surface area contributed by atoms with E-state index in [1.807, 2.05) is 54.7 Å². The zero-order valence-corrected chi connectivity index (χ0v) is 14.7. The second kappa shape index (κ2) is 7.51. The van der Waals surface area contributed by atoms with Crippen molar-refractivity contribution in [2.75, 3.05) is 6.54 Å². The Bertz CT molecular complexity index is 741. The summed E-state index contributed by atoms with van der Waals surface area (Å²) >= 11 is 0. The van der Waals surface area contributed by atoms with Crippen LogP contribution in [0.4, 0.5) is 0 Å². The highest BCUT2D eigenvalue weighted by atomic mass is 16.2. The number of rotatable bonds is 5. The van der Waals surface area contributed by atoms with Crippen LogP contribution in [0.3, 0.4) is 0 Å². The minimum absolute atomic E-state index is 0.0638. The molecule has 25 heavy (non-hydrogen) atoms. The van der Waals surface area contributed by atoms with Crippen LogP contribution in [-0.2, 0) is 16.6 Å². The summed E-state index contributed by atoms with van der Waals surface area (Å²) in [5.74, 6) is -0.0687. The van der Waals surface area contributed by atoms with Crippen molar-refractivity contribution in [3.05, 3.63) is 53.9 Å². The van der Waals surface area contributed by atoms with Gasteiger partial charge in [0.2, 0.25) is 11.8 Å². The van der Waals surface area contributed by atoms with Crippen LogP contribution in [0.15, 0.2) is 42.7 Å². The Morgan fingerprint density at radius 1 is 1.32 bits per heavy atom. The molecular formula is C19H24N4O2. The molecule has 3 rings (SSSR count). The highest BCUT2D eigenvalue weighted by molar-refractivity contribution is 5.79. The molecule has 1 saturated heterocycles. The van der Waals surface area contributed by atoms with Gasteiger partial charge in [-0.25, -0.2) is 0 Å². The smallest absolute Gasteiger partial charge is 0.225 e. The molecule has 0 saturated carbocycles. The molecule has 1 fully saturated rings. The van der Waals surface area contributed by atoms with Crippen molar-refractivity contribution in [3.8, 4) is 0 Å². The number of benzene rings is 1.